The minimum absolute atomic E-state index is 0.650. The van der Waals surface area contributed by atoms with Gasteiger partial charge in [-0.3, -0.25) is 0 Å². The van der Waals surface area contributed by atoms with Gasteiger partial charge in [-0.15, -0.1) is 0 Å². The van der Waals surface area contributed by atoms with Gasteiger partial charge in [0.1, 0.15) is 0 Å². The highest BCUT2D eigenvalue weighted by atomic mass is 32.1. The first-order chi connectivity index (χ1) is 8.76. The van der Waals surface area contributed by atoms with Gasteiger partial charge in [0.15, 0.2) is 5.11 Å². The van der Waals surface area contributed by atoms with Crippen LogP contribution >= 0.6 is 24.4 Å². The molecule has 0 saturated carbocycles. The number of aliphatic imine (C=N–C) groups is 1. The van der Waals surface area contributed by atoms with Crippen molar-refractivity contribution in [3.8, 4) is 0 Å². The summed E-state index contributed by atoms with van der Waals surface area (Å²) in [5, 5.41) is 9.28. The maximum absolute atomic E-state index is 5.20. The molecule has 0 aliphatic heterocycles. The van der Waals surface area contributed by atoms with Gasteiger partial charge in [0.25, 0.3) is 0 Å². The topological polar surface area (TPSA) is 36.4 Å². The van der Waals surface area contributed by atoms with Gasteiger partial charge in [0.2, 0.25) is 0 Å². The first kappa shape index (κ1) is 14.8. The van der Waals surface area contributed by atoms with Crippen LogP contribution in [0.4, 0.5) is 11.4 Å². The van der Waals surface area contributed by atoms with Crippen LogP contribution in [0.1, 0.15) is 26.2 Å². The van der Waals surface area contributed by atoms with Crippen LogP contribution in [0.3, 0.4) is 0 Å². The molecule has 0 spiro atoms. The number of anilines is 1. The van der Waals surface area contributed by atoms with E-state index >= 15 is 0 Å². The quantitative estimate of drug-likeness (QED) is 0.470. The smallest absolute Gasteiger partial charge is 0.170 e. The molecule has 0 atom stereocenters. The molecule has 0 bridgehead atoms. The van der Waals surface area contributed by atoms with Crippen LogP contribution in [-0.2, 0) is 0 Å². The number of rotatable bonds is 6. The molecule has 18 heavy (non-hydrogen) atoms. The Balaban J connectivity index is 2.37. The van der Waals surface area contributed by atoms with Crippen molar-refractivity contribution >= 4 is 46.1 Å². The highest BCUT2D eigenvalue weighted by molar-refractivity contribution is 7.80. The third-order valence-corrected chi connectivity index (χ3v) is 2.70. The van der Waals surface area contributed by atoms with E-state index in [1.807, 2.05) is 24.3 Å². The summed E-state index contributed by atoms with van der Waals surface area (Å²) in [6, 6.07) is 7.54. The van der Waals surface area contributed by atoms with Gasteiger partial charge in [-0.25, -0.2) is 0 Å². The molecular formula is C13H17N3S2. The first-order valence-corrected chi connectivity index (χ1v) is 6.80. The molecule has 0 aromatic heterocycles. The van der Waals surface area contributed by atoms with Crippen LogP contribution < -0.4 is 10.6 Å². The summed E-state index contributed by atoms with van der Waals surface area (Å²) >= 11 is 9.74. The fourth-order valence-corrected chi connectivity index (χ4v) is 1.75. The lowest BCUT2D eigenvalue weighted by atomic mass is 10.2. The minimum atomic E-state index is 0.650. The second kappa shape index (κ2) is 8.75. The van der Waals surface area contributed by atoms with Crippen molar-refractivity contribution in [1.82, 2.24) is 5.32 Å². The minimum Gasteiger partial charge on any atom is -0.362 e. The van der Waals surface area contributed by atoms with E-state index in [1.54, 1.807) is 0 Å². The second-order valence-electron chi connectivity index (χ2n) is 3.84. The molecular weight excluding hydrogens is 262 g/mol. The Morgan fingerprint density at radius 2 is 2.00 bits per heavy atom. The molecule has 1 rings (SSSR count). The molecule has 3 nitrogen and oxygen atoms in total. The average Bonchev–Trinajstić information content (AvgIpc) is 2.37. The van der Waals surface area contributed by atoms with Crippen LogP contribution in [0.5, 0.6) is 0 Å². The predicted molar refractivity (Wildman–Crippen MR) is 84.9 cm³/mol. The maximum Gasteiger partial charge on any atom is 0.170 e. The summed E-state index contributed by atoms with van der Waals surface area (Å²) in [5.41, 5.74) is 1.73. The highest BCUT2D eigenvalue weighted by Gasteiger charge is 1.97. The summed E-state index contributed by atoms with van der Waals surface area (Å²) < 4.78 is 0. The summed E-state index contributed by atoms with van der Waals surface area (Å²) in [7, 11) is 0. The molecule has 1 aromatic rings. The summed E-state index contributed by atoms with van der Waals surface area (Å²) in [5.74, 6) is 0. The van der Waals surface area contributed by atoms with Gasteiger partial charge >= 0.3 is 0 Å². The largest absolute Gasteiger partial charge is 0.362 e. The molecule has 2 N–H and O–H groups in total. The normalized spacial score (nSPS) is 9.39. The zero-order valence-corrected chi connectivity index (χ0v) is 12.0. The van der Waals surface area contributed by atoms with E-state index in [0.29, 0.717) is 5.11 Å². The second-order valence-corrected chi connectivity index (χ2v) is 4.43. The van der Waals surface area contributed by atoms with E-state index in [1.165, 1.54) is 12.8 Å². The van der Waals surface area contributed by atoms with Crippen LogP contribution in [0.2, 0.25) is 0 Å². The van der Waals surface area contributed by atoms with Gasteiger partial charge < -0.3 is 10.6 Å². The van der Waals surface area contributed by atoms with Crippen molar-refractivity contribution < 1.29 is 0 Å². The molecule has 0 aliphatic rings. The van der Waals surface area contributed by atoms with Gasteiger partial charge in [0, 0.05) is 12.2 Å². The third-order valence-electron chi connectivity index (χ3n) is 2.37. The summed E-state index contributed by atoms with van der Waals surface area (Å²) in [6.07, 6.45) is 3.57. The van der Waals surface area contributed by atoms with E-state index in [-0.39, 0.29) is 0 Å². The van der Waals surface area contributed by atoms with E-state index in [9.17, 15) is 0 Å². The Bertz CT molecular complexity index is 422. The fraction of sp³-hybridized carbons (Fsp3) is 0.385. The lowest BCUT2D eigenvalue weighted by molar-refractivity contribution is 0.698. The zero-order valence-electron chi connectivity index (χ0n) is 10.4. The van der Waals surface area contributed by atoms with Crippen molar-refractivity contribution in [2.24, 2.45) is 4.99 Å². The number of hydrogen-bond acceptors (Lipinski definition) is 3. The molecule has 0 amide bonds. The number of unbranched alkanes of at least 4 members (excludes halogenated alkanes) is 2. The van der Waals surface area contributed by atoms with Crippen LogP contribution in [-0.4, -0.2) is 16.8 Å². The Hall–Kier alpha value is -1.29. The van der Waals surface area contributed by atoms with Crippen LogP contribution in [0, 0.1) is 0 Å². The Morgan fingerprint density at radius 3 is 2.61 bits per heavy atom. The Labute approximate surface area is 119 Å². The predicted octanol–water partition coefficient (Wildman–Crippen LogP) is 3.90. The molecule has 5 heteroatoms. The first-order valence-electron chi connectivity index (χ1n) is 5.99. The van der Waals surface area contributed by atoms with Gasteiger partial charge in [-0.2, -0.15) is 4.99 Å². The van der Waals surface area contributed by atoms with E-state index in [2.05, 4.69) is 39.9 Å². The van der Waals surface area contributed by atoms with Gasteiger partial charge in [0.05, 0.1) is 10.8 Å². The van der Waals surface area contributed by atoms with Crippen molar-refractivity contribution in [3.63, 3.8) is 0 Å². The van der Waals surface area contributed by atoms with Crippen molar-refractivity contribution in [3.05, 3.63) is 24.3 Å². The number of thiocarbonyl (C=S) groups is 2. The molecule has 0 radical (unpaired) electrons. The number of hydrogen-bond donors (Lipinski definition) is 2. The molecule has 0 unspecified atom stereocenters. The number of nitrogens with zero attached hydrogens (tertiary/aromatic N) is 1. The molecule has 0 heterocycles. The van der Waals surface area contributed by atoms with Crippen LogP contribution in [0.15, 0.2) is 29.3 Å². The number of isothiocyanates is 1. The molecule has 0 aliphatic carbocycles. The Morgan fingerprint density at radius 1 is 1.28 bits per heavy atom. The highest BCUT2D eigenvalue weighted by Crippen LogP contribution is 2.15. The van der Waals surface area contributed by atoms with Crippen molar-refractivity contribution in [2.75, 3.05) is 11.9 Å². The number of nitrogens with one attached hydrogen (secondary N) is 2. The fourth-order valence-electron chi connectivity index (χ4n) is 1.42. The lowest BCUT2D eigenvalue weighted by Gasteiger charge is -2.10. The molecule has 0 saturated heterocycles. The van der Waals surface area contributed by atoms with Crippen LogP contribution in [0.25, 0.3) is 0 Å². The number of benzene rings is 1. The Kier molecular flexibility index (Phi) is 7.18. The van der Waals surface area contributed by atoms with Gasteiger partial charge in [-0.05, 0) is 55.1 Å². The third kappa shape index (κ3) is 5.87. The standard InChI is InChI=1S/C13H17N3S2/c1-2-3-4-9-14-13(18)16-12-7-5-11(6-8-12)15-10-17/h5-8H,2-4,9H2,1H3,(H2,14,16,18). The van der Waals surface area contributed by atoms with Gasteiger partial charge in [-0.1, -0.05) is 19.8 Å². The molecule has 96 valence electrons. The summed E-state index contributed by atoms with van der Waals surface area (Å²) in [4.78, 5) is 3.89. The van der Waals surface area contributed by atoms with Crippen molar-refractivity contribution in [1.29, 1.82) is 0 Å². The average molecular weight is 279 g/mol. The van der Waals surface area contributed by atoms with E-state index < -0.39 is 0 Å². The lowest BCUT2D eigenvalue weighted by Crippen LogP contribution is -2.29. The summed E-state index contributed by atoms with van der Waals surface area (Å²) in [6.45, 7) is 3.09. The maximum atomic E-state index is 5.20. The monoisotopic (exact) mass is 279 g/mol. The molecule has 1 aromatic carbocycles. The van der Waals surface area contributed by atoms with E-state index in [4.69, 9.17) is 12.2 Å². The zero-order chi connectivity index (χ0) is 13.2. The molecule has 0 fully saturated rings. The van der Waals surface area contributed by atoms with Crippen molar-refractivity contribution in [2.45, 2.75) is 26.2 Å². The van der Waals surface area contributed by atoms with E-state index in [0.717, 1.165) is 24.3 Å². The SMILES string of the molecule is CCCCCNC(=S)Nc1ccc(N=C=S)cc1.